The lowest BCUT2D eigenvalue weighted by Crippen LogP contribution is -2.04. The molecule has 2 rings (SSSR count). The van der Waals surface area contributed by atoms with Gasteiger partial charge in [-0.2, -0.15) is 4.98 Å². The fraction of sp³-hybridized carbons (Fsp3) is 0.385. The minimum Gasteiger partial charge on any atom is -0.481 e. The van der Waals surface area contributed by atoms with Gasteiger partial charge in [-0.25, -0.2) is 0 Å². The molecule has 1 atom stereocenters. The number of rotatable bonds is 6. The van der Waals surface area contributed by atoms with Gasteiger partial charge in [-0.05, 0) is 38.1 Å². The molecule has 102 valence electrons. The van der Waals surface area contributed by atoms with Gasteiger partial charge < -0.3 is 15.0 Å². The first-order valence-corrected chi connectivity index (χ1v) is 6.51. The van der Waals surface area contributed by atoms with Crippen LogP contribution in [0.5, 0.6) is 5.75 Å². The summed E-state index contributed by atoms with van der Waals surface area (Å²) in [6, 6.07) is 7.18. The number of aryl methyl sites for hydroxylation is 1. The standard InChI is InChI=1S/C13H16ClN3O2/c1-9(18-11-5-2-4-10(14)8-11)13-16-12(17-19-13)6-3-7-15/h2,4-5,8-9H,3,6-7,15H2,1H3. The smallest absolute Gasteiger partial charge is 0.267 e. The Morgan fingerprint density at radius 1 is 1.47 bits per heavy atom. The van der Waals surface area contributed by atoms with E-state index in [0.29, 0.717) is 35.5 Å². The van der Waals surface area contributed by atoms with Crippen LogP contribution in [0.2, 0.25) is 5.02 Å². The predicted molar refractivity (Wildman–Crippen MR) is 72.2 cm³/mol. The van der Waals surface area contributed by atoms with E-state index in [1.165, 1.54) is 0 Å². The normalized spacial score (nSPS) is 12.4. The summed E-state index contributed by atoms with van der Waals surface area (Å²) in [7, 11) is 0. The van der Waals surface area contributed by atoms with Crippen molar-refractivity contribution in [2.45, 2.75) is 25.9 Å². The highest BCUT2D eigenvalue weighted by Gasteiger charge is 2.15. The molecule has 0 fully saturated rings. The van der Waals surface area contributed by atoms with Crippen molar-refractivity contribution in [3.63, 3.8) is 0 Å². The molecule has 0 saturated heterocycles. The summed E-state index contributed by atoms with van der Waals surface area (Å²) in [5, 5.41) is 4.51. The van der Waals surface area contributed by atoms with E-state index in [9.17, 15) is 0 Å². The molecule has 5 nitrogen and oxygen atoms in total. The highest BCUT2D eigenvalue weighted by molar-refractivity contribution is 6.30. The molecule has 1 unspecified atom stereocenters. The van der Waals surface area contributed by atoms with E-state index in [1.807, 2.05) is 19.1 Å². The number of aromatic nitrogens is 2. The first-order chi connectivity index (χ1) is 9.19. The van der Waals surface area contributed by atoms with Gasteiger partial charge in [0.05, 0.1) is 0 Å². The molecule has 1 aromatic carbocycles. The maximum Gasteiger partial charge on any atom is 0.267 e. The Morgan fingerprint density at radius 2 is 2.32 bits per heavy atom. The third-order valence-corrected chi connectivity index (χ3v) is 2.78. The second kappa shape index (κ2) is 6.54. The molecule has 2 N–H and O–H groups in total. The highest BCUT2D eigenvalue weighted by Crippen LogP contribution is 2.23. The molecule has 0 aliphatic rings. The van der Waals surface area contributed by atoms with E-state index in [1.54, 1.807) is 12.1 Å². The predicted octanol–water partition coefficient (Wildman–Crippen LogP) is 2.75. The first kappa shape index (κ1) is 13.8. The van der Waals surface area contributed by atoms with E-state index in [2.05, 4.69) is 10.1 Å². The Kier molecular flexibility index (Phi) is 4.76. The van der Waals surface area contributed by atoms with Crippen LogP contribution in [-0.4, -0.2) is 16.7 Å². The van der Waals surface area contributed by atoms with Crippen LogP contribution in [0.25, 0.3) is 0 Å². The van der Waals surface area contributed by atoms with Crippen LogP contribution in [0.4, 0.5) is 0 Å². The molecular weight excluding hydrogens is 266 g/mol. The van der Waals surface area contributed by atoms with Gasteiger partial charge in [0, 0.05) is 11.4 Å². The Morgan fingerprint density at radius 3 is 3.05 bits per heavy atom. The van der Waals surface area contributed by atoms with Gasteiger partial charge in [0.15, 0.2) is 11.9 Å². The number of benzene rings is 1. The molecule has 0 radical (unpaired) electrons. The Hall–Kier alpha value is -1.59. The lowest BCUT2D eigenvalue weighted by Gasteiger charge is -2.10. The van der Waals surface area contributed by atoms with Gasteiger partial charge >= 0.3 is 0 Å². The molecule has 0 aliphatic heterocycles. The Bertz CT molecular complexity index is 530. The van der Waals surface area contributed by atoms with Crippen molar-refractivity contribution < 1.29 is 9.26 Å². The maximum atomic E-state index is 5.89. The number of ether oxygens (including phenoxy) is 1. The Balaban J connectivity index is 1.99. The van der Waals surface area contributed by atoms with Gasteiger partial charge in [-0.15, -0.1) is 0 Å². The summed E-state index contributed by atoms with van der Waals surface area (Å²) in [5.41, 5.74) is 5.44. The molecule has 0 spiro atoms. The molecule has 2 aromatic rings. The van der Waals surface area contributed by atoms with E-state index in [4.69, 9.17) is 26.6 Å². The number of halogens is 1. The van der Waals surface area contributed by atoms with E-state index >= 15 is 0 Å². The van der Waals surface area contributed by atoms with Crippen molar-refractivity contribution in [1.82, 2.24) is 10.1 Å². The average Bonchev–Trinajstić information content (AvgIpc) is 2.85. The lowest BCUT2D eigenvalue weighted by atomic mass is 10.3. The lowest BCUT2D eigenvalue weighted by molar-refractivity contribution is 0.175. The van der Waals surface area contributed by atoms with Crippen molar-refractivity contribution in [3.8, 4) is 5.75 Å². The van der Waals surface area contributed by atoms with Crippen LogP contribution in [0, 0.1) is 0 Å². The quantitative estimate of drug-likeness (QED) is 0.881. The van der Waals surface area contributed by atoms with E-state index in [-0.39, 0.29) is 6.10 Å². The molecule has 0 saturated carbocycles. The van der Waals surface area contributed by atoms with Gasteiger partial charge in [-0.3, -0.25) is 0 Å². The minimum absolute atomic E-state index is 0.322. The monoisotopic (exact) mass is 281 g/mol. The molecule has 19 heavy (non-hydrogen) atoms. The van der Waals surface area contributed by atoms with Gasteiger partial charge in [0.25, 0.3) is 5.89 Å². The summed E-state index contributed by atoms with van der Waals surface area (Å²) in [4.78, 5) is 4.27. The van der Waals surface area contributed by atoms with Crippen molar-refractivity contribution >= 4 is 11.6 Å². The van der Waals surface area contributed by atoms with Crippen LogP contribution in [0.1, 0.15) is 31.2 Å². The zero-order valence-corrected chi connectivity index (χ0v) is 11.4. The minimum atomic E-state index is -0.322. The number of hydrogen-bond acceptors (Lipinski definition) is 5. The fourth-order valence-electron chi connectivity index (χ4n) is 1.59. The van der Waals surface area contributed by atoms with E-state index < -0.39 is 0 Å². The number of nitrogens with zero attached hydrogens (tertiary/aromatic N) is 2. The molecule has 0 bridgehead atoms. The van der Waals surface area contributed by atoms with Crippen molar-refractivity contribution in [1.29, 1.82) is 0 Å². The zero-order chi connectivity index (χ0) is 13.7. The molecular formula is C13H16ClN3O2. The van der Waals surface area contributed by atoms with Crippen molar-refractivity contribution in [3.05, 3.63) is 41.0 Å². The summed E-state index contributed by atoms with van der Waals surface area (Å²) >= 11 is 5.89. The Labute approximate surface area is 116 Å². The topological polar surface area (TPSA) is 74.2 Å². The summed E-state index contributed by atoms with van der Waals surface area (Å²) in [6.45, 7) is 2.46. The third-order valence-electron chi connectivity index (χ3n) is 2.55. The van der Waals surface area contributed by atoms with Crippen LogP contribution in [-0.2, 0) is 6.42 Å². The van der Waals surface area contributed by atoms with Gasteiger partial charge in [-0.1, -0.05) is 22.8 Å². The SMILES string of the molecule is CC(Oc1cccc(Cl)c1)c1nc(CCCN)no1. The second-order valence-corrected chi connectivity index (χ2v) is 4.59. The van der Waals surface area contributed by atoms with Crippen molar-refractivity contribution in [2.24, 2.45) is 5.73 Å². The molecule has 6 heteroatoms. The summed E-state index contributed by atoms with van der Waals surface area (Å²) < 4.78 is 10.9. The first-order valence-electron chi connectivity index (χ1n) is 6.14. The van der Waals surface area contributed by atoms with E-state index in [0.717, 1.165) is 6.42 Å². The summed E-state index contributed by atoms with van der Waals surface area (Å²) in [6.07, 6.45) is 1.23. The van der Waals surface area contributed by atoms with Crippen LogP contribution >= 0.6 is 11.6 Å². The summed E-state index contributed by atoms with van der Waals surface area (Å²) in [5.74, 6) is 1.77. The van der Waals surface area contributed by atoms with Crippen LogP contribution in [0.15, 0.2) is 28.8 Å². The van der Waals surface area contributed by atoms with Crippen molar-refractivity contribution in [2.75, 3.05) is 6.54 Å². The largest absolute Gasteiger partial charge is 0.481 e. The fourth-order valence-corrected chi connectivity index (χ4v) is 1.77. The molecule has 1 heterocycles. The second-order valence-electron chi connectivity index (χ2n) is 4.16. The number of hydrogen-bond donors (Lipinski definition) is 1. The maximum absolute atomic E-state index is 5.89. The van der Waals surface area contributed by atoms with Gasteiger partial charge in [0.2, 0.25) is 0 Å². The van der Waals surface area contributed by atoms with Gasteiger partial charge in [0.1, 0.15) is 5.75 Å². The molecule has 0 aliphatic carbocycles. The zero-order valence-electron chi connectivity index (χ0n) is 10.7. The average molecular weight is 282 g/mol. The highest BCUT2D eigenvalue weighted by atomic mass is 35.5. The molecule has 1 aromatic heterocycles. The number of nitrogens with two attached hydrogens (primary N) is 1. The molecule has 0 amide bonds. The van der Waals surface area contributed by atoms with Crippen LogP contribution in [0.3, 0.4) is 0 Å². The van der Waals surface area contributed by atoms with Crippen LogP contribution < -0.4 is 10.5 Å². The third kappa shape index (κ3) is 3.94.